The van der Waals surface area contributed by atoms with Gasteiger partial charge in [0.15, 0.2) is 0 Å². The molecule has 0 spiro atoms. The standard InChI is InChI=1S/C33H38ClN3O5/c1-6-41-32(39)8-7-19-42-28-17-18-29-30(37(23(3)38)27-15-11-25(34)12-16-27)20-22(2)36(31(29)21-28)33(40)24-9-13-26(14-10-24)35(4)5/h9-18,21-22,30H,6-8,19-20H2,1-5H3/t22-,30+/m1/s1. The number of halogens is 1. The summed E-state index contributed by atoms with van der Waals surface area (Å²) in [5.74, 6) is 0.0746. The van der Waals surface area contributed by atoms with Crippen molar-refractivity contribution in [2.45, 2.75) is 52.1 Å². The van der Waals surface area contributed by atoms with Crippen LogP contribution in [0.25, 0.3) is 0 Å². The molecule has 3 aromatic rings. The Labute approximate surface area is 252 Å². The fourth-order valence-electron chi connectivity index (χ4n) is 5.31. The Hall–Kier alpha value is -4.04. The predicted octanol–water partition coefficient (Wildman–Crippen LogP) is 6.66. The second-order valence-corrected chi connectivity index (χ2v) is 11.0. The van der Waals surface area contributed by atoms with Crippen LogP contribution in [-0.4, -0.2) is 51.1 Å². The average molecular weight is 592 g/mol. The molecule has 0 N–H and O–H groups in total. The molecule has 0 aromatic heterocycles. The van der Waals surface area contributed by atoms with E-state index in [4.69, 9.17) is 21.1 Å². The summed E-state index contributed by atoms with van der Waals surface area (Å²) in [7, 11) is 3.91. The maximum Gasteiger partial charge on any atom is 0.305 e. The van der Waals surface area contributed by atoms with Crippen LogP contribution in [0.15, 0.2) is 66.7 Å². The lowest BCUT2D eigenvalue weighted by Crippen LogP contribution is -2.47. The Morgan fingerprint density at radius 2 is 1.64 bits per heavy atom. The molecule has 0 aliphatic carbocycles. The van der Waals surface area contributed by atoms with Crippen LogP contribution in [0.2, 0.25) is 5.02 Å². The molecule has 2 amide bonds. The van der Waals surface area contributed by atoms with Gasteiger partial charge in [0.1, 0.15) is 5.75 Å². The van der Waals surface area contributed by atoms with E-state index in [9.17, 15) is 14.4 Å². The van der Waals surface area contributed by atoms with Crippen LogP contribution in [-0.2, 0) is 14.3 Å². The number of benzene rings is 3. The van der Waals surface area contributed by atoms with Crippen molar-refractivity contribution in [2.24, 2.45) is 0 Å². The molecule has 0 radical (unpaired) electrons. The minimum atomic E-state index is -0.313. The molecule has 1 aliphatic rings. The highest BCUT2D eigenvalue weighted by Crippen LogP contribution is 2.44. The van der Waals surface area contributed by atoms with Crippen LogP contribution in [0.3, 0.4) is 0 Å². The van der Waals surface area contributed by atoms with Gasteiger partial charge in [0, 0.05) is 61.5 Å². The number of carbonyl (C=O) groups is 3. The van der Waals surface area contributed by atoms with Gasteiger partial charge in [0.05, 0.1) is 24.9 Å². The molecule has 0 saturated carbocycles. The zero-order valence-electron chi connectivity index (χ0n) is 24.8. The van der Waals surface area contributed by atoms with Gasteiger partial charge in [-0.05, 0) is 86.8 Å². The number of carbonyl (C=O) groups excluding carboxylic acids is 3. The third kappa shape index (κ3) is 7.05. The number of fused-ring (bicyclic) bond motifs is 1. The van der Waals surface area contributed by atoms with Gasteiger partial charge in [0.2, 0.25) is 5.91 Å². The molecular weight excluding hydrogens is 554 g/mol. The lowest BCUT2D eigenvalue weighted by molar-refractivity contribution is -0.143. The smallest absolute Gasteiger partial charge is 0.305 e. The van der Waals surface area contributed by atoms with Gasteiger partial charge in [-0.25, -0.2) is 0 Å². The molecule has 9 heteroatoms. The number of esters is 1. The van der Waals surface area contributed by atoms with E-state index in [2.05, 4.69) is 0 Å². The number of amides is 2. The van der Waals surface area contributed by atoms with Crippen LogP contribution in [0.4, 0.5) is 17.1 Å². The molecule has 1 heterocycles. The zero-order valence-corrected chi connectivity index (χ0v) is 25.6. The van der Waals surface area contributed by atoms with Gasteiger partial charge in [-0.15, -0.1) is 0 Å². The molecule has 0 unspecified atom stereocenters. The molecule has 42 heavy (non-hydrogen) atoms. The summed E-state index contributed by atoms with van der Waals surface area (Å²) in [5, 5.41) is 0.585. The monoisotopic (exact) mass is 591 g/mol. The van der Waals surface area contributed by atoms with Gasteiger partial charge >= 0.3 is 5.97 Å². The summed E-state index contributed by atoms with van der Waals surface area (Å²) in [4.78, 5) is 44.3. The first-order valence-electron chi connectivity index (χ1n) is 14.2. The number of anilines is 3. The Bertz CT molecular complexity index is 1410. The van der Waals surface area contributed by atoms with E-state index in [-0.39, 0.29) is 36.3 Å². The molecule has 3 aromatic carbocycles. The van der Waals surface area contributed by atoms with Crippen molar-refractivity contribution in [2.75, 3.05) is 42.0 Å². The highest BCUT2D eigenvalue weighted by atomic mass is 35.5. The molecular formula is C33H38ClN3O5. The summed E-state index contributed by atoms with van der Waals surface area (Å²) in [6, 6.07) is 19.8. The van der Waals surface area contributed by atoms with E-state index in [1.165, 1.54) is 0 Å². The Balaban J connectivity index is 1.71. The molecule has 1 aliphatic heterocycles. The summed E-state index contributed by atoms with van der Waals surface area (Å²) in [6.45, 7) is 5.98. The third-order valence-electron chi connectivity index (χ3n) is 7.33. The third-order valence-corrected chi connectivity index (χ3v) is 7.58. The van der Waals surface area contributed by atoms with E-state index in [1.54, 1.807) is 35.8 Å². The lowest BCUT2D eigenvalue weighted by atomic mass is 9.89. The van der Waals surface area contributed by atoms with Gasteiger partial charge in [-0.1, -0.05) is 17.7 Å². The minimum Gasteiger partial charge on any atom is -0.494 e. The van der Waals surface area contributed by atoms with Crippen molar-refractivity contribution >= 4 is 46.4 Å². The average Bonchev–Trinajstić information content (AvgIpc) is 2.96. The zero-order chi connectivity index (χ0) is 30.4. The number of ether oxygens (including phenoxy) is 2. The maximum atomic E-state index is 14.0. The first-order chi connectivity index (χ1) is 20.1. The largest absolute Gasteiger partial charge is 0.494 e. The minimum absolute atomic E-state index is 0.112. The molecule has 0 fully saturated rings. The van der Waals surface area contributed by atoms with Gasteiger partial charge in [-0.3, -0.25) is 14.4 Å². The van der Waals surface area contributed by atoms with Crippen molar-refractivity contribution in [3.8, 4) is 5.75 Å². The van der Waals surface area contributed by atoms with Crippen LogP contribution in [0, 0.1) is 0 Å². The van der Waals surface area contributed by atoms with E-state index in [0.717, 1.165) is 16.9 Å². The highest BCUT2D eigenvalue weighted by Gasteiger charge is 2.38. The Morgan fingerprint density at radius 1 is 0.976 bits per heavy atom. The molecule has 0 bridgehead atoms. The SMILES string of the molecule is CCOC(=O)CCCOc1ccc2c(c1)N(C(=O)c1ccc(N(C)C)cc1)[C@H](C)C[C@@H]2N(C(C)=O)c1ccc(Cl)cc1. The molecule has 2 atom stereocenters. The number of rotatable bonds is 10. The van der Waals surface area contributed by atoms with Gasteiger partial charge < -0.3 is 24.2 Å². The molecule has 4 rings (SSSR count). The second-order valence-electron chi connectivity index (χ2n) is 10.6. The fourth-order valence-corrected chi connectivity index (χ4v) is 5.44. The van der Waals surface area contributed by atoms with Crippen LogP contribution in [0.1, 0.15) is 62.0 Å². The number of hydrogen-bond acceptors (Lipinski definition) is 6. The number of hydrogen-bond donors (Lipinski definition) is 0. The van der Waals surface area contributed by atoms with E-state index in [1.807, 2.05) is 80.5 Å². The maximum absolute atomic E-state index is 14.0. The summed E-state index contributed by atoms with van der Waals surface area (Å²) >= 11 is 6.14. The predicted molar refractivity (Wildman–Crippen MR) is 167 cm³/mol. The number of nitrogens with zero attached hydrogens (tertiary/aromatic N) is 3. The van der Waals surface area contributed by atoms with E-state index >= 15 is 0 Å². The highest BCUT2D eigenvalue weighted by molar-refractivity contribution is 6.30. The fraction of sp³-hybridized carbons (Fsp3) is 0.364. The second kappa shape index (κ2) is 13.7. The first kappa shape index (κ1) is 30.9. The van der Waals surface area contributed by atoms with Crippen LogP contribution >= 0.6 is 11.6 Å². The quantitative estimate of drug-likeness (QED) is 0.194. The summed E-state index contributed by atoms with van der Waals surface area (Å²) in [6.07, 6.45) is 1.31. The van der Waals surface area contributed by atoms with Crippen molar-refractivity contribution in [1.82, 2.24) is 0 Å². The van der Waals surface area contributed by atoms with Crippen molar-refractivity contribution < 1.29 is 23.9 Å². The summed E-state index contributed by atoms with van der Waals surface area (Å²) < 4.78 is 11.0. The normalized spacial score (nSPS) is 15.9. The molecule has 222 valence electrons. The topological polar surface area (TPSA) is 79.4 Å². The molecule has 8 nitrogen and oxygen atoms in total. The summed E-state index contributed by atoms with van der Waals surface area (Å²) in [5.41, 5.74) is 3.82. The van der Waals surface area contributed by atoms with Crippen molar-refractivity contribution in [1.29, 1.82) is 0 Å². The van der Waals surface area contributed by atoms with E-state index in [0.29, 0.717) is 48.1 Å². The Kier molecular flexibility index (Phi) is 10.1. The van der Waals surface area contributed by atoms with Crippen LogP contribution in [0.5, 0.6) is 5.75 Å². The molecule has 0 saturated heterocycles. The van der Waals surface area contributed by atoms with Crippen LogP contribution < -0.4 is 19.4 Å². The van der Waals surface area contributed by atoms with Gasteiger partial charge in [-0.2, -0.15) is 0 Å². The van der Waals surface area contributed by atoms with E-state index < -0.39 is 0 Å². The lowest BCUT2D eigenvalue weighted by Gasteiger charge is -2.43. The van der Waals surface area contributed by atoms with Gasteiger partial charge in [0.25, 0.3) is 5.91 Å². The first-order valence-corrected chi connectivity index (χ1v) is 14.6. The Morgan fingerprint density at radius 3 is 2.26 bits per heavy atom. The van der Waals surface area contributed by atoms with Crippen molar-refractivity contribution in [3.63, 3.8) is 0 Å². The van der Waals surface area contributed by atoms with Crippen molar-refractivity contribution in [3.05, 3.63) is 82.9 Å².